The van der Waals surface area contributed by atoms with E-state index in [1.807, 2.05) is 42.2 Å². The van der Waals surface area contributed by atoms with Crippen molar-refractivity contribution in [3.05, 3.63) is 59.4 Å². The van der Waals surface area contributed by atoms with Gasteiger partial charge in [-0.15, -0.1) is 0 Å². The van der Waals surface area contributed by atoms with E-state index in [0.717, 1.165) is 22.4 Å². The zero-order valence-electron chi connectivity index (χ0n) is 17.9. The van der Waals surface area contributed by atoms with E-state index in [2.05, 4.69) is 9.97 Å². The van der Waals surface area contributed by atoms with Crippen LogP contribution in [0.1, 0.15) is 35.1 Å². The molecule has 31 heavy (non-hydrogen) atoms. The van der Waals surface area contributed by atoms with Crippen LogP contribution < -0.4 is 4.74 Å². The molecule has 1 saturated heterocycles. The Morgan fingerprint density at radius 1 is 1.26 bits per heavy atom. The van der Waals surface area contributed by atoms with E-state index in [0.29, 0.717) is 50.5 Å². The number of imidazole rings is 1. The highest BCUT2D eigenvalue weighted by atomic mass is 16.5. The number of aryl methyl sites for hydroxylation is 2. The van der Waals surface area contributed by atoms with E-state index in [1.54, 1.807) is 19.1 Å². The second-order valence-electron chi connectivity index (χ2n) is 7.88. The Labute approximate surface area is 181 Å². The molecule has 0 spiro atoms. The zero-order valence-corrected chi connectivity index (χ0v) is 17.9. The molecular weight excluding hydrogens is 394 g/mol. The molecular formula is C24H27N3O4. The molecule has 3 aromatic rings. The van der Waals surface area contributed by atoms with Crippen LogP contribution in [0, 0.1) is 6.92 Å². The van der Waals surface area contributed by atoms with Crippen molar-refractivity contribution >= 4 is 22.7 Å². The Hall–Kier alpha value is -3.19. The maximum atomic E-state index is 12.7. The van der Waals surface area contributed by atoms with Gasteiger partial charge in [0, 0.05) is 24.9 Å². The maximum absolute atomic E-state index is 12.7. The first-order valence-electron chi connectivity index (χ1n) is 10.6. The van der Waals surface area contributed by atoms with Gasteiger partial charge in [-0.3, -0.25) is 9.59 Å². The molecule has 0 saturated carbocycles. The summed E-state index contributed by atoms with van der Waals surface area (Å²) in [5, 5.41) is 0. The molecule has 0 bridgehead atoms. The summed E-state index contributed by atoms with van der Waals surface area (Å²) < 4.78 is 11.6. The molecule has 162 valence electrons. The third kappa shape index (κ3) is 5.11. The van der Waals surface area contributed by atoms with Crippen molar-refractivity contribution < 1.29 is 19.1 Å². The number of carbonyl (C=O) groups excluding carboxylic acids is 2. The van der Waals surface area contributed by atoms with Gasteiger partial charge in [0.2, 0.25) is 5.91 Å². The van der Waals surface area contributed by atoms with Gasteiger partial charge in [-0.25, -0.2) is 4.98 Å². The van der Waals surface area contributed by atoms with E-state index in [-0.39, 0.29) is 17.8 Å². The molecule has 0 radical (unpaired) electrons. The molecule has 1 atom stereocenters. The zero-order chi connectivity index (χ0) is 21.8. The minimum atomic E-state index is -0.184. The number of ketones is 1. The number of aromatic amines is 1. The number of para-hydroxylation sites is 2. The van der Waals surface area contributed by atoms with Crippen molar-refractivity contribution in [2.75, 3.05) is 26.3 Å². The molecule has 1 N–H and O–H groups in total. The first-order valence-corrected chi connectivity index (χ1v) is 10.6. The number of benzene rings is 2. The lowest BCUT2D eigenvalue weighted by Gasteiger charge is -2.33. The first kappa shape index (κ1) is 21.1. The number of fused-ring (bicyclic) bond motifs is 1. The number of Topliss-reactive ketones (excluding diaryl/α,β-unsaturated/α-hetero) is 1. The van der Waals surface area contributed by atoms with Crippen LogP contribution >= 0.6 is 0 Å². The normalized spacial score (nSPS) is 16.5. The summed E-state index contributed by atoms with van der Waals surface area (Å²) in [5.74, 6) is 1.65. The van der Waals surface area contributed by atoms with Crippen LogP contribution in [-0.2, 0) is 16.0 Å². The highest BCUT2D eigenvalue weighted by Gasteiger charge is 2.25. The maximum Gasteiger partial charge on any atom is 0.223 e. The van der Waals surface area contributed by atoms with Crippen LogP contribution in [0.2, 0.25) is 0 Å². The van der Waals surface area contributed by atoms with Crippen LogP contribution in [0.5, 0.6) is 5.75 Å². The number of hydrogen-bond donors (Lipinski definition) is 1. The predicted octanol–water partition coefficient (Wildman–Crippen LogP) is 3.31. The fraction of sp³-hybridized carbons (Fsp3) is 0.375. The van der Waals surface area contributed by atoms with Gasteiger partial charge in [-0.2, -0.15) is 0 Å². The van der Waals surface area contributed by atoms with Crippen molar-refractivity contribution in [3.8, 4) is 5.75 Å². The van der Waals surface area contributed by atoms with Gasteiger partial charge in [0.15, 0.2) is 5.78 Å². The molecule has 1 aliphatic rings. The number of morpholine rings is 1. The van der Waals surface area contributed by atoms with Crippen LogP contribution in [0.3, 0.4) is 0 Å². The first-order chi connectivity index (χ1) is 15.0. The van der Waals surface area contributed by atoms with Crippen molar-refractivity contribution in [2.24, 2.45) is 0 Å². The summed E-state index contributed by atoms with van der Waals surface area (Å²) >= 11 is 0. The quantitative estimate of drug-likeness (QED) is 0.592. The fourth-order valence-corrected chi connectivity index (χ4v) is 3.86. The molecule has 2 heterocycles. The number of carbonyl (C=O) groups is 2. The molecule has 1 aliphatic heterocycles. The lowest BCUT2D eigenvalue weighted by Crippen LogP contribution is -2.47. The van der Waals surface area contributed by atoms with Crippen LogP contribution in [-0.4, -0.2) is 59.0 Å². The molecule has 2 aromatic carbocycles. The summed E-state index contributed by atoms with van der Waals surface area (Å²) in [6, 6.07) is 13.3. The third-order valence-electron chi connectivity index (χ3n) is 5.52. The van der Waals surface area contributed by atoms with Gasteiger partial charge < -0.3 is 19.4 Å². The SMILES string of the molecule is CC(=O)c1ccc(OCC2CN(C(=O)CCc3nc4ccccc4[nH]3)CCO2)cc1C. The Kier molecular flexibility index (Phi) is 6.32. The van der Waals surface area contributed by atoms with Gasteiger partial charge in [-0.1, -0.05) is 12.1 Å². The van der Waals surface area contributed by atoms with Gasteiger partial charge in [-0.05, 0) is 49.7 Å². The Balaban J connectivity index is 1.28. The van der Waals surface area contributed by atoms with Gasteiger partial charge in [0.25, 0.3) is 0 Å². The van der Waals surface area contributed by atoms with E-state index in [4.69, 9.17) is 9.47 Å². The number of H-pyrrole nitrogens is 1. The van der Waals surface area contributed by atoms with E-state index in [9.17, 15) is 9.59 Å². The van der Waals surface area contributed by atoms with Crippen LogP contribution in [0.4, 0.5) is 0 Å². The second-order valence-corrected chi connectivity index (χ2v) is 7.88. The number of nitrogens with one attached hydrogen (secondary N) is 1. The number of aromatic nitrogens is 2. The van der Waals surface area contributed by atoms with Crippen molar-refractivity contribution in [2.45, 2.75) is 32.8 Å². The predicted molar refractivity (Wildman–Crippen MR) is 117 cm³/mol. The summed E-state index contributed by atoms with van der Waals surface area (Å²) in [6.45, 7) is 5.38. The van der Waals surface area contributed by atoms with E-state index < -0.39 is 0 Å². The van der Waals surface area contributed by atoms with E-state index >= 15 is 0 Å². The van der Waals surface area contributed by atoms with Crippen molar-refractivity contribution in [3.63, 3.8) is 0 Å². The number of hydrogen-bond acceptors (Lipinski definition) is 5. The van der Waals surface area contributed by atoms with Crippen molar-refractivity contribution in [1.29, 1.82) is 0 Å². The molecule has 1 fully saturated rings. The minimum absolute atomic E-state index is 0.0384. The summed E-state index contributed by atoms with van der Waals surface area (Å²) in [7, 11) is 0. The Morgan fingerprint density at radius 2 is 2.10 bits per heavy atom. The highest BCUT2D eigenvalue weighted by Crippen LogP contribution is 2.19. The second kappa shape index (κ2) is 9.31. The summed E-state index contributed by atoms with van der Waals surface area (Å²) in [4.78, 5) is 33.9. The molecule has 0 aliphatic carbocycles. The molecule has 4 rings (SSSR count). The van der Waals surface area contributed by atoms with Crippen LogP contribution in [0.15, 0.2) is 42.5 Å². The molecule has 1 aromatic heterocycles. The average Bonchev–Trinajstić information content (AvgIpc) is 3.19. The lowest BCUT2D eigenvalue weighted by molar-refractivity contribution is -0.139. The third-order valence-corrected chi connectivity index (χ3v) is 5.52. The monoisotopic (exact) mass is 421 g/mol. The summed E-state index contributed by atoms with van der Waals surface area (Å²) in [5.41, 5.74) is 3.49. The molecule has 1 unspecified atom stereocenters. The highest BCUT2D eigenvalue weighted by molar-refractivity contribution is 5.95. The number of amides is 1. The van der Waals surface area contributed by atoms with Gasteiger partial charge in [0.05, 0.1) is 24.2 Å². The van der Waals surface area contributed by atoms with Crippen molar-refractivity contribution in [1.82, 2.24) is 14.9 Å². The molecule has 1 amide bonds. The smallest absolute Gasteiger partial charge is 0.223 e. The van der Waals surface area contributed by atoms with Crippen LogP contribution in [0.25, 0.3) is 11.0 Å². The average molecular weight is 421 g/mol. The minimum Gasteiger partial charge on any atom is -0.491 e. The summed E-state index contributed by atoms with van der Waals surface area (Å²) in [6.07, 6.45) is 0.795. The van der Waals surface area contributed by atoms with Gasteiger partial charge >= 0.3 is 0 Å². The Bertz CT molecular complexity index is 1060. The fourth-order valence-electron chi connectivity index (χ4n) is 3.86. The van der Waals surface area contributed by atoms with E-state index in [1.165, 1.54) is 0 Å². The molecule has 7 nitrogen and oxygen atoms in total. The number of ether oxygens (including phenoxy) is 2. The molecule has 7 heteroatoms. The van der Waals surface area contributed by atoms with Gasteiger partial charge in [0.1, 0.15) is 24.3 Å². The number of nitrogens with zero attached hydrogens (tertiary/aromatic N) is 2. The standard InChI is InChI=1S/C24H27N3O4/c1-16-13-18(7-8-20(16)17(2)28)31-15-19-14-27(11-12-30-19)24(29)10-9-23-25-21-5-3-4-6-22(21)26-23/h3-8,13,19H,9-12,14-15H2,1-2H3,(H,25,26). The topological polar surface area (TPSA) is 84.5 Å². The lowest BCUT2D eigenvalue weighted by atomic mass is 10.1. The largest absolute Gasteiger partial charge is 0.491 e. The Morgan fingerprint density at radius 3 is 2.87 bits per heavy atom. The number of rotatable bonds is 7.